The summed E-state index contributed by atoms with van der Waals surface area (Å²) in [7, 11) is -1.52. The maximum atomic E-state index is 12.0. The van der Waals surface area contributed by atoms with Crippen molar-refractivity contribution < 1.29 is 8.42 Å². The van der Waals surface area contributed by atoms with Crippen molar-refractivity contribution in [1.82, 2.24) is 4.72 Å². The van der Waals surface area contributed by atoms with Crippen molar-refractivity contribution in [1.29, 1.82) is 0 Å². The fraction of sp³-hybridized carbons (Fsp3) is 0.571. The maximum Gasteiger partial charge on any atom is 0.240 e. The van der Waals surface area contributed by atoms with Gasteiger partial charge in [-0.1, -0.05) is 27.2 Å². The molecule has 3 N–H and O–H groups in total. The Labute approximate surface area is 122 Å². The predicted molar refractivity (Wildman–Crippen MR) is 84.4 cm³/mol. The summed E-state index contributed by atoms with van der Waals surface area (Å²) in [6.07, 6.45) is 1.07. The van der Waals surface area contributed by atoms with Crippen LogP contribution in [0.15, 0.2) is 23.1 Å². The highest BCUT2D eigenvalue weighted by Gasteiger charge is 2.16. The summed E-state index contributed by atoms with van der Waals surface area (Å²) in [6.45, 7) is 7.25. The van der Waals surface area contributed by atoms with Gasteiger partial charge in [-0.05, 0) is 24.1 Å². The average Bonchev–Trinajstić information content (AvgIpc) is 2.38. The first-order valence-electron chi connectivity index (χ1n) is 6.92. The van der Waals surface area contributed by atoms with Gasteiger partial charge in [-0.15, -0.1) is 0 Å². The Hall–Kier alpha value is -1.27. The van der Waals surface area contributed by atoms with Gasteiger partial charge in [0, 0.05) is 20.1 Å². The van der Waals surface area contributed by atoms with Crippen molar-refractivity contribution in [3.8, 4) is 0 Å². The van der Waals surface area contributed by atoms with Crippen molar-refractivity contribution >= 4 is 21.4 Å². The second kappa shape index (κ2) is 6.95. The summed E-state index contributed by atoms with van der Waals surface area (Å²) < 4.78 is 26.5. The molecule has 0 spiro atoms. The molecule has 1 unspecified atom stereocenters. The van der Waals surface area contributed by atoms with E-state index < -0.39 is 10.0 Å². The summed E-state index contributed by atoms with van der Waals surface area (Å²) in [6, 6.07) is 4.82. The number of nitrogen functional groups attached to an aromatic ring is 1. The van der Waals surface area contributed by atoms with Gasteiger partial charge in [-0.3, -0.25) is 0 Å². The number of benzene rings is 1. The highest BCUT2D eigenvalue weighted by Crippen LogP contribution is 2.26. The first kappa shape index (κ1) is 16.8. The summed E-state index contributed by atoms with van der Waals surface area (Å²) >= 11 is 0. The number of nitrogens with zero attached hydrogens (tertiary/aromatic N) is 1. The Kier molecular flexibility index (Phi) is 5.83. The molecule has 0 radical (unpaired) electrons. The lowest BCUT2D eigenvalue weighted by atomic mass is 10.1. The summed E-state index contributed by atoms with van der Waals surface area (Å²) in [4.78, 5) is 2.26. The fourth-order valence-electron chi connectivity index (χ4n) is 1.99. The molecule has 1 atom stereocenters. The molecule has 0 bridgehead atoms. The van der Waals surface area contributed by atoms with E-state index in [-0.39, 0.29) is 4.90 Å². The van der Waals surface area contributed by atoms with E-state index >= 15 is 0 Å². The van der Waals surface area contributed by atoms with Gasteiger partial charge in [0.05, 0.1) is 16.3 Å². The van der Waals surface area contributed by atoms with Gasteiger partial charge in [0.2, 0.25) is 10.0 Å². The molecule has 0 aliphatic rings. The fourth-order valence-corrected chi connectivity index (χ4v) is 3.05. The lowest BCUT2D eigenvalue weighted by Gasteiger charge is -2.24. The molecule has 5 nitrogen and oxygen atoms in total. The Morgan fingerprint density at radius 2 is 2.00 bits per heavy atom. The van der Waals surface area contributed by atoms with Crippen molar-refractivity contribution in [3.63, 3.8) is 0 Å². The minimum atomic E-state index is -3.45. The van der Waals surface area contributed by atoms with Crippen LogP contribution in [0.5, 0.6) is 0 Å². The molecule has 20 heavy (non-hydrogen) atoms. The standard InChI is InChI=1S/C14H25N3O2S/c1-5-11(3)10-17(4)14-9-12(7-8-13(14)15)20(18,19)16-6-2/h7-9,11,16H,5-6,10,15H2,1-4H3. The molecule has 0 saturated heterocycles. The molecule has 0 fully saturated rings. The van der Waals surface area contributed by atoms with E-state index in [1.165, 1.54) is 6.07 Å². The molecule has 0 aliphatic heterocycles. The molecule has 6 heteroatoms. The Morgan fingerprint density at radius 1 is 1.35 bits per heavy atom. The van der Waals surface area contributed by atoms with Gasteiger partial charge in [0.1, 0.15) is 0 Å². The molecule has 114 valence electrons. The third kappa shape index (κ3) is 4.11. The van der Waals surface area contributed by atoms with Gasteiger partial charge < -0.3 is 10.6 Å². The third-order valence-electron chi connectivity index (χ3n) is 3.34. The zero-order valence-corrected chi connectivity index (χ0v) is 13.5. The SMILES string of the molecule is CCNS(=O)(=O)c1ccc(N)c(N(C)CC(C)CC)c1. The van der Waals surface area contributed by atoms with Crippen LogP contribution in [-0.4, -0.2) is 28.6 Å². The van der Waals surface area contributed by atoms with Gasteiger partial charge in [0.15, 0.2) is 0 Å². The van der Waals surface area contributed by atoms with E-state index in [2.05, 4.69) is 18.6 Å². The summed E-state index contributed by atoms with van der Waals surface area (Å²) in [5.74, 6) is 0.522. The summed E-state index contributed by atoms with van der Waals surface area (Å²) in [5, 5.41) is 0. The monoisotopic (exact) mass is 299 g/mol. The molecule has 0 heterocycles. The number of rotatable bonds is 7. The third-order valence-corrected chi connectivity index (χ3v) is 4.88. The molecule has 0 aromatic heterocycles. The largest absolute Gasteiger partial charge is 0.397 e. The van der Waals surface area contributed by atoms with E-state index in [0.717, 1.165) is 18.7 Å². The Balaban J connectivity index is 3.09. The van der Waals surface area contributed by atoms with Crippen molar-refractivity contribution in [2.24, 2.45) is 5.92 Å². The molecular formula is C14H25N3O2S. The van der Waals surface area contributed by atoms with Gasteiger partial charge in [0.25, 0.3) is 0 Å². The van der Waals surface area contributed by atoms with Crippen LogP contribution >= 0.6 is 0 Å². The quantitative estimate of drug-likeness (QED) is 0.756. The van der Waals surface area contributed by atoms with Crippen LogP contribution in [0.25, 0.3) is 0 Å². The van der Waals surface area contributed by atoms with E-state index in [0.29, 0.717) is 18.2 Å². The van der Waals surface area contributed by atoms with E-state index in [9.17, 15) is 8.42 Å². The zero-order valence-electron chi connectivity index (χ0n) is 12.7. The number of sulfonamides is 1. The van der Waals surface area contributed by atoms with Crippen LogP contribution < -0.4 is 15.4 Å². The minimum absolute atomic E-state index is 0.250. The lowest BCUT2D eigenvalue weighted by Crippen LogP contribution is -2.26. The van der Waals surface area contributed by atoms with Crippen LogP contribution in [-0.2, 0) is 10.0 Å². The highest BCUT2D eigenvalue weighted by atomic mass is 32.2. The van der Waals surface area contributed by atoms with Gasteiger partial charge >= 0.3 is 0 Å². The smallest absolute Gasteiger partial charge is 0.240 e. The van der Waals surface area contributed by atoms with Gasteiger partial charge in [-0.2, -0.15) is 0 Å². The van der Waals surface area contributed by atoms with Crippen LogP contribution in [0.1, 0.15) is 27.2 Å². The number of nitrogens with one attached hydrogen (secondary N) is 1. The van der Waals surface area contributed by atoms with Gasteiger partial charge in [-0.25, -0.2) is 13.1 Å². The van der Waals surface area contributed by atoms with E-state index in [1.807, 2.05) is 11.9 Å². The first-order valence-corrected chi connectivity index (χ1v) is 8.40. The van der Waals surface area contributed by atoms with Crippen molar-refractivity contribution in [3.05, 3.63) is 18.2 Å². The first-order chi connectivity index (χ1) is 9.31. The van der Waals surface area contributed by atoms with Crippen LogP contribution in [0.4, 0.5) is 11.4 Å². The van der Waals surface area contributed by atoms with Crippen LogP contribution in [0.2, 0.25) is 0 Å². The number of hydrogen-bond acceptors (Lipinski definition) is 4. The van der Waals surface area contributed by atoms with Crippen LogP contribution in [0.3, 0.4) is 0 Å². The minimum Gasteiger partial charge on any atom is -0.397 e. The maximum absolute atomic E-state index is 12.0. The number of hydrogen-bond donors (Lipinski definition) is 2. The second-order valence-electron chi connectivity index (χ2n) is 5.12. The number of nitrogens with two attached hydrogens (primary N) is 1. The molecule has 0 amide bonds. The average molecular weight is 299 g/mol. The van der Waals surface area contributed by atoms with E-state index in [4.69, 9.17) is 5.73 Å². The topological polar surface area (TPSA) is 75.4 Å². The van der Waals surface area contributed by atoms with E-state index in [1.54, 1.807) is 19.1 Å². The molecule has 0 saturated carbocycles. The van der Waals surface area contributed by atoms with Crippen molar-refractivity contribution in [2.45, 2.75) is 32.1 Å². The zero-order chi connectivity index (χ0) is 15.3. The molecule has 1 rings (SSSR count). The summed E-state index contributed by atoms with van der Waals surface area (Å²) in [5.41, 5.74) is 7.31. The molecule has 1 aromatic carbocycles. The molecule has 0 aliphatic carbocycles. The highest BCUT2D eigenvalue weighted by molar-refractivity contribution is 7.89. The Bertz CT molecular complexity index is 543. The van der Waals surface area contributed by atoms with Crippen molar-refractivity contribution in [2.75, 3.05) is 30.8 Å². The molecular weight excluding hydrogens is 274 g/mol. The normalized spacial score (nSPS) is 13.2. The van der Waals surface area contributed by atoms with Crippen LogP contribution in [0, 0.1) is 5.92 Å². The predicted octanol–water partition coefficient (Wildman–Crippen LogP) is 2.05. The lowest BCUT2D eigenvalue weighted by molar-refractivity contribution is 0.560. The molecule has 1 aromatic rings. The second-order valence-corrected chi connectivity index (χ2v) is 6.88. The Morgan fingerprint density at radius 3 is 2.55 bits per heavy atom. The number of anilines is 2.